The predicted molar refractivity (Wildman–Crippen MR) is 57.4 cm³/mol. The van der Waals surface area contributed by atoms with Crippen LogP contribution in [0.4, 0.5) is 0 Å². The van der Waals surface area contributed by atoms with Gasteiger partial charge >= 0.3 is 5.97 Å². The van der Waals surface area contributed by atoms with Crippen molar-refractivity contribution in [2.45, 2.75) is 59.0 Å². The molecule has 0 aliphatic heterocycles. The average Bonchev–Trinajstić information content (AvgIpc) is 2.04. The zero-order valence-corrected chi connectivity index (χ0v) is 9.64. The maximum absolute atomic E-state index is 11.5. The molecule has 3 nitrogen and oxygen atoms in total. The third kappa shape index (κ3) is 4.09. The molecule has 1 saturated carbocycles. The molecule has 3 N–H and O–H groups in total. The van der Waals surface area contributed by atoms with Crippen molar-refractivity contribution < 1.29 is 9.53 Å². The maximum Gasteiger partial charge on any atom is 0.311 e. The van der Waals surface area contributed by atoms with E-state index in [9.17, 15) is 4.79 Å². The van der Waals surface area contributed by atoms with Gasteiger partial charge in [0.25, 0.3) is 0 Å². The molecule has 1 fully saturated rings. The molecule has 0 amide bonds. The lowest BCUT2D eigenvalue weighted by Gasteiger charge is -2.25. The van der Waals surface area contributed by atoms with Crippen LogP contribution in [0.2, 0.25) is 0 Å². The van der Waals surface area contributed by atoms with Crippen LogP contribution in [0.1, 0.15) is 52.9 Å². The summed E-state index contributed by atoms with van der Waals surface area (Å²) in [5, 5.41) is 0. The summed E-state index contributed by atoms with van der Waals surface area (Å²) in [6, 6.07) is 0. The molecule has 0 aromatic rings. The van der Waals surface area contributed by atoms with Crippen molar-refractivity contribution in [2.75, 3.05) is 0 Å². The number of carbonyl (C=O) groups is 1. The van der Waals surface area contributed by atoms with Gasteiger partial charge in [-0.25, -0.2) is 0 Å². The molecular formula is C11H23NO2. The largest absolute Gasteiger partial charge is 0.462 e. The SMILES string of the molecule is CC(C)(C)C(=O)OC1CCCCC1.N. The van der Waals surface area contributed by atoms with Gasteiger partial charge in [-0.1, -0.05) is 6.42 Å². The first-order valence-corrected chi connectivity index (χ1v) is 5.21. The highest BCUT2D eigenvalue weighted by Crippen LogP contribution is 2.24. The summed E-state index contributed by atoms with van der Waals surface area (Å²) in [7, 11) is 0. The van der Waals surface area contributed by atoms with Crippen LogP contribution in [0.5, 0.6) is 0 Å². The molecule has 84 valence electrons. The summed E-state index contributed by atoms with van der Waals surface area (Å²) in [6.07, 6.45) is 6.03. The van der Waals surface area contributed by atoms with Crippen LogP contribution in [0, 0.1) is 5.41 Å². The van der Waals surface area contributed by atoms with Crippen LogP contribution in [0.25, 0.3) is 0 Å². The number of hydrogen-bond acceptors (Lipinski definition) is 3. The topological polar surface area (TPSA) is 61.3 Å². The Bertz CT molecular complexity index is 178. The van der Waals surface area contributed by atoms with Gasteiger partial charge in [0.1, 0.15) is 6.10 Å². The maximum atomic E-state index is 11.5. The fraction of sp³-hybridized carbons (Fsp3) is 0.909. The fourth-order valence-electron chi connectivity index (χ4n) is 1.51. The summed E-state index contributed by atoms with van der Waals surface area (Å²) in [5.41, 5.74) is -0.350. The minimum Gasteiger partial charge on any atom is -0.462 e. The molecule has 0 atom stereocenters. The van der Waals surface area contributed by atoms with Crippen LogP contribution in [-0.2, 0) is 9.53 Å². The van der Waals surface area contributed by atoms with Crippen LogP contribution < -0.4 is 6.15 Å². The van der Waals surface area contributed by atoms with Gasteiger partial charge in [-0.05, 0) is 46.5 Å². The number of hydrogen-bond donors (Lipinski definition) is 1. The third-order valence-electron chi connectivity index (χ3n) is 2.44. The minimum atomic E-state index is -0.350. The second-order valence-electron chi connectivity index (χ2n) is 4.92. The Morgan fingerprint density at radius 2 is 1.64 bits per heavy atom. The van der Waals surface area contributed by atoms with E-state index in [4.69, 9.17) is 4.74 Å². The van der Waals surface area contributed by atoms with Gasteiger partial charge in [0.2, 0.25) is 0 Å². The summed E-state index contributed by atoms with van der Waals surface area (Å²) < 4.78 is 5.42. The number of ether oxygens (including phenoxy) is 1. The standard InChI is InChI=1S/C11H20O2.H3N/c1-11(2,3)10(12)13-9-7-5-4-6-8-9;/h9H,4-8H2,1-3H3;1H3. The Morgan fingerprint density at radius 1 is 1.14 bits per heavy atom. The zero-order chi connectivity index (χ0) is 9.90. The van der Waals surface area contributed by atoms with Crippen molar-refractivity contribution in [2.24, 2.45) is 5.41 Å². The van der Waals surface area contributed by atoms with Crippen molar-refractivity contribution in [3.05, 3.63) is 0 Å². The first-order chi connectivity index (χ1) is 6.00. The predicted octanol–water partition coefficient (Wildman–Crippen LogP) is 3.07. The minimum absolute atomic E-state index is 0. The van der Waals surface area contributed by atoms with Crippen molar-refractivity contribution in [3.63, 3.8) is 0 Å². The summed E-state index contributed by atoms with van der Waals surface area (Å²) in [5.74, 6) is -0.0561. The van der Waals surface area contributed by atoms with Crippen LogP contribution in [-0.4, -0.2) is 12.1 Å². The van der Waals surface area contributed by atoms with E-state index in [1.807, 2.05) is 20.8 Å². The summed E-state index contributed by atoms with van der Waals surface area (Å²) in [6.45, 7) is 5.70. The fourth-order valence-corrected chi connectivity index (χ4v) is 1.51. The smallest absolute Gasteiger partial charge is 0.311 e. The lowest BCUT2D eigenvalue weighted by atomic mass is 9.95. The first-order valence-electron chi connectivity index (χ1n) is 5.21. The highest BCUT2D eigenvalue weighted by atomic mass is 16.5. The molecule has 0 bridgehead atoms. The quantitative estimate of drug-likeness (QED) is 0.663. The Balaban J connectivity index is 0.00000169. The molecule has 1 aliphatic carbocycles. The van der Waals surface area contributed by atoms with Gasteiger partial charge in [0, 0.05) is 0 Å². The van der Waals surface area contributed by atoms with Crippen LogP contribution >= 0.6 is 0 Å². The molecule has 0 heterocycles. The second-order valence-corrected chi connectivity index (χ2v) is 4.92. The van der Waals surface area contributed by atoms with Crippen LogP contribution in [0.15, 0.2) is 0 Å². The van der Waals surface area contributed by atoms with Gasteiger partial charge in [-0.3, -0.25) is 4.79 Å². The summed E-state index contributed by atoms with van der Waals surface area (Å²) in [4.78, 5) is 11.5. The molecule has 0 aromatic carbocycles. The van der Waals surface area contributed by atoms with Gasteiger partial charge in [0.05, 0.1) is 5.41 Å². The lowest BCUT2D eigenvalue weighted by molar-refractivity contribution is -0.160. The third-order valence-corrected chi connectivity index (χ3v) is 2.44. The number of rotatable bonds is 1. The van der Waals surface area contributed by atoms with Crippen molar-refractivity contribution >= 4 is 5.97 Å². The van der Waals surface area contributed by atoms with Crippen molar-refractivity contribution in [3.8, 4) is 0 Å². The molecule has 0 saturated heterocycles. The molecular weight excluding hydrogens is 178 g/mol. The highest BCUT2D eigenvalue weighted by Gasteiger charge is 2.26. The first kappa shape index (κ1) is 13.4. The molecule has 0 unspecified atom stereocenters. The molecule has 0 spiro atoms. The second kappa shape index (κ2) is 5.35. The van der Waals surface area contributed by atoms with E-state index in [2.05, 4.69) is 0 Å². The van der Waals surface area contributed by atoms with Gasteiger partial charge in [0.15, 0.2) is 0 Å². The van der Waals surface area contributed by atoms with Gasteiger partial charge in [-0.15, -0.1) is 0 Å². The molecule has 0 radical (unpaired) electrons. The normalized spacial score (nSPS) is 18.5. The van der Waals surface area contributed by atoms with E-state index in [1.165, 1.54) is 19.3 Å². The van der Waals surface area contributed by atoms with E-state index < -0.39 is 0 Å². The number of carbonyl (C=O) groups excluding carboxylic acids is 1. The Kier molecular flexibility index (Phi) is 5.13. The van der Waals surface area contributed by atoms with Crippen molar-refractivity contribution in [1.29, 1.82) is 0 Å². The average molecular weight is 201 g/mol. The summed E-state index contributed by atoms with van der Waals surface area (Å²) >= 11 is 0. The van der Waals surface area contributed by atoms with Crippen LogP contribution in [0.3, 0.4) is 0 Å². The van der Waals surface area contributed by atoms with E-state index >= 15 is 0 Å². The molecule has 1 aliphatic rings. The van der Waals surface area contributed by atoms with Crippen molar-refractivity contribution in [1.82, 2.24) is 6.15 Å². The zero-order valence-electron chi connectivity index (χ0n) is 9.64. The van der Waals surface area contributed by atoms with E-state index in [-0.39, 0.29) is 23.6 Å². The molecule has 14 heavy (non-hydrogen) atoms. The lowest BCUT2D eigenvalue weighted by Crippen LogP contribution is -2.29. The monoisotopic (exact) mass is 201 g/mol. The van der Waals surface area contributed by atoms with Gasteiger partial charge in [-0.2, -0.15) is 0 Å². The Hall–Kier alpha value is -0.570. The molecule has 1 rings (SSSR count). The molecule has 0 aromatic heterocycles. The molecule has 3 heteroatoms. The van der Waals surface area contributed by atoms with E-state index in [0.717, 1.165) is 12.8 Å². The Morgan fingerprint density at radius 3 is 2.07 bits per heavy atom. The van der Waals surface area contributed by atoms with E-state index in [1.54, 1.807) is 0 Å². The highest BCUT2D eigenvalue weighted by molar-refractivity contribution is 5.75. The number of esters is 1. The van der Waals surface area contributed by atoms with Gasteiger partial charge < -0.3 is 10.9 Å². The Labute approximate surface area is 86.8 Å². The van der Waals surface area contributed by atoms with E-state index in [0.29, 0.717) is 0 Å².